The standard InChI is InChI=1S/C20H22O6/c1-6-26-20(23)15-13-10-8-7-9-12(13)14(11(2)3)16(18(21)24-4)17(15)19(22)25-5/h7-11H,6H2,1-5H3. The zero-order chi connectivity index (χ0) is 19.4. The summed E-state index contributed by atoms with van der Waals surface area (Å²) in [6.07, 6.45) is 0. The fourth-order valence-corrected chi connectivity index (χ4v) is 3.10. The van der Waals surface area contributed by atoms with Gasteiger partial charge in [0.2, 0.25) is 0 Å². The lowest BCUT2D eigenvalue weighted by Gasteiger charge is -2.21. The second kappa shape index (κ2) is 7.99. The molecule has 0 radical (unpaired) electrons. The van der Waals surface area contributed by atoms with E-state index in [1.807, 2.05) is 19.9 Å². The van der Waals surface area contributed by atoms with E-state index < -0.39 is 17.9 Å². The minimum atomic E-state index is -0.791. The quantitative estimate of drug-likeness (QED) is 0.599. The molecular formula is C20H22O6. The van der Waals surface area contributed by atoms with E-state index in [-0.39, 0.29) is 29.2 Å². The van der Waals surface area contributed by atoms with E-state index in [9.17, 15) is 14.4 Å². The van der Waals surface area contributed by atoms with Crippen molar-refractivity contribution in [2.45, 2.75) is 26.7 Å². The van der Waals surface area contributed by atoms with Crippen LogP contribution in [-0.2, 0) is 14.2 Å². The minimum Gasteiger partial charge on any atom is -0.465 e. The van der Waals surface area contributed by atoms with Gasteiger partial charge in [-0.25, -0.2) is 14.4 Å². The maximum Gasteiger partial charge on any atom is 0.339 e. The number of ether oxygens (including phenoxy) is 3. The molecule has 0 aliphatic rings. The van der Waals surface area contributed by atoms with Crippen molar-refractivity contribution in [2.75, 3.05) is 20.8 Å². The van der Waals surface area contributed by atoms with Crippen LogP contribution >= 0.6 is 0 Å². The molecule has 6 nitrogen and oxygen atoms in total. The molecule has 0 N–H and O–H groups in total. The Labute approximate surface area is 152 Å². The summed E-state index contributed by atoms with van der Waals surface area (Å²) < 4.78 is 14.9. The Hall–Kier alpha value is -2.89. The number of hydrogen-bond acceptors (Lipinski definition) is 6. The van der Waals surface area contributed by atoms with Crippen molar-refractivity contribution < 1.29 is 28.6 Å². The molecule has 0 fully saturated rings. The third-order valence-electron chi connectivity index (χ3n) is 4.09. The van der Waals surface area contributed by atoms with Gasteiger partial charge in [-0.3, -0.25) is 0 Å². The molecule has 6 heteroatoms. The molecule has 2 rings (SSSR count). The van der Waals surface area contributed by atoms with Crippen LogP contribution in [0.15, 0.2) is 24.3 Å². The highest BCUT2D eigenvalue weighted by Crippen LogP contribution is 2.36. The predicted octanol–water partition coefficient (Wildman–Crippen LogP) is 3.71. The lowest BCUT2D eigenvalue weighted by molar-refractivity contribution is 0.0501. The highest BCUT2D eigenvalue weighted by atomic mass is 16.5. The zero-order valence-corrected chi connectivity index (χ0v) is 15.5. The molecule has 0 aromatic heterocycles. The smallest absolute Gasteiger partial charge is 0.339 e. The molecule has 0 bridgehead atoms. The molecule has 0 saturated heterocycles. The fourth-order valence-electron chi connectivity index (χ4n) is 3.10. The van der Waals surface area contributed by atoms with E-state index >= 15 is 0 Å². The second-order valence-corrected chi connectivity index (χ2v) is 5.94. The summed E-state index contributed by atoms with van der Waals surface area (Å²) >= 11 is 0. The van der Waals surface area contributed by atoms with Crippen LogP contribution < -0.4 is 0 Å². The molecule has 0 amide bonds. The predicted molar refractivity (Wildman–Crippen MR) is 96.7 cm³/mol. The van der Waals surface area contributed by atoms with Gasteiger partial charge in [0.25, 0.3) is 0 Å². The molecule has 138 valence electrons. The van der Waals surface area contributed by atoms with Crippen LogP contribution in [0.1, 0.15) is 63.3 Å². The number of esters is 3. The van der Waals surface area contributed by atoms with Crippen LogP contribution in [0.5, 0.6) is 0 Å². The van der Waals surface area contributed by atoms with Crippen LogP contribution in [0.2, 0.25) is 0 Å². The molecule has 2 aromatic carbocycles. The summed E-state index contributed by atoms with van der Waals surface area (Å²) in [5.41, 5.74) is 0.552. The van der Waals surface area contributed by atoms with E-state index in [4.69, 9.17) is 14.2 Å². The maximum absolute atomic E-state index is 12.7. The van der Waals surface area contributed by atoms with E-state index in [1.165, 1.54) is 14.2 Å². The number of methoxy groups -OCH3 is 2. The van der Waals surface area contributed by atoms with Gasteiger partial charge in [-0.05, 0) is 29.2 Å². The van der Waals surface area contributed by atoms with Crippen molar-refractivity contribution in [2.24, 2.45) is 0 Å². The number of benzene rings is 2. The Morgan fingerprint density at radius 3 is 1.88 bits per heavy atom. The van der Waals surface area contributed by atoms with Crippen molar-refractivity contribution in [3.63, 3.8) is 0 Å². The lowest BCUT2D eigenvalue weighted by Crippen LogP contribution is -2.22. The molecule has 0 spiro atoms. The SMILES string of the molecule is CCOC(=O)c1c(C(=O)OC)c(C(=O)OC)c(C(C)C)c2ccccc12. The topological polar surface area (TPSA) is 78.9 Å². The fraction of sp³-hybridized carbons (Fsp3) is 0.350. The summed E-state index contributed by atoms with van der Waals surface area (Å²) in [5, 5.41) is 1.22. The number of rotatable bonds is 5. The van der Waals surface area contributed by atoms with Gasteiger partial charge in [0.1, 0.15) is 0 Å². The van der Waals surface area contributed by atoms with Crippen molar-refractivity contribution >= 4 is 28.7 Å². The molecule has 0 unspecified atom stereocenters. The lowest BCUT2D eigenvalue weighted by atomic mass is 9.84. The number of hydrogen-bond donors (Lipinski definition) is 0. The largest absolute Gasteiger partial charge is 0.465 e. The van der Waals surface area contributed by atoms with Crippen molar-refractivity contribution in [1.82, 2.24) is 0 Å². The third-order valence-corrected chi connectivity index (χ3v) is 4.09. The van der Waals surface area contributed by atoms with Gasteiger partial charge in [0.05, 0.1) is 37.5 Å². The molecule has 0 heterocycles. The average molecular weight is 358 g/mol. The summed E-state index contributed by atoms with van der Waals surface area (Å²) in [6, 6.07) is 7.10. The van der Waals surface area contributed by atoms with Gasteiger partial charge in [-0.2, -0.15) is 0 Å². The van der Waals surface area contributed by atoms with Gasteiger partial charge >= 0.3 is 17.9 Å². The van der Waals surface area contributed by atoms with Gasteiger partial charge in [0, 0.05) is 0 Å². The van der Waals surface area contributed by atoms with Gasteiger partial charge < -0.3 is 14.2 Å². The van der Waals surface area contributed by atoms with Crippen molar-refractivity contribution in [3.05, 3.63) is 46.5 Å². The highest BCUT2D eigenvalue weighted by molar-refractivity contribution is 6.19. The number of carbonyl (C=O) groups excluding carboxylic acids is 3. The molecular weight excluding hydrogens is 336 g/mol. The first-order valence-electron chi connectivity index (χ1n) is 8.31. The van der Waals surface area contributed by atoms with Gasteiger partial charge in [-0.1, -0.05) is 38.1 Å². The normalized spacial score (nSPS) is 10.7. The molecule has 0 aliphatic heterocycles. The summed E-state index contributed by atoms with van der Waals surface area (Å²) in [6.45, 7) is 5.60. The molecule has 0 saturated carbocycles. The summed E-state index contributed by atoms with van der Waals surface area (Å²) in [5.74, 6) is -2.29. The van der Waals surface area contributed by atoms with Crippen LogP contribution in [0, 0.1) is 0 Å². The molecule has 2 aromatic rings. The third kappa shape index (κ3) is 3.27. The first-order valence-corrected chi connectivity index (χ1v) is 8.31. The Bertz CT molecular complexity index is 866. The van der Waals surface area contributed by atoms with Gasteiger partial charge in [-0.15, -0.1) is 0 Å². The Kier molecular flexibility index (Phi) is 5.97. The Balaban J connectivity index is 3.12. The van der Waals surface area contributed by atoms with Crippen LogP contribution in [0.3, 0.4) is 0 Å². The zero-order valence-electron chi connectivity index (χ0n) is 15.5. The van der Waals surface area contributed by atoms with E-state index in [0.717, 1.165) is 0 Å². The van der Waals surface area contributed by atoms with E-state index in [1.54, 1.807) is 25.1 Å². The first kappa shape index (κ1) is 19.4. The molecule has 0 aliphatic carbocycles. The summed E-state index contributed by atoms with van der Waals surface area (Å²) in [4.78, 5) is 37.8. The van der Waals surface area contributed by atoms with Crippen molar-refractivity contribution in [1.29, 1.82) is 0 Å². The van der Waals surface area contributed by atoms with Crippen LogP contribution in [0.4, 0.5) is 0 Å². The average Bonchev–Trinajstić information content (AvgIpc) is 2.64. The summed E-state index contributed by atoms with van der Waals surface area (Å²) in [7, 11) is 2.43. The maximum atomic E-state index is 12.7. The highest BCUT2D eigenvalue weighted by Gasteiger charge is 2.33. The van der Waals surface area contributed by atoms with E-state index in [2.05, 4.69) is 0 Å². The minimum absolute atomic E-state index is 0.0131. The van der Waals surface area contributed by atoms with Crippen molar-refractivity contribution in [3.8, 4) is 0 Å². The molecule has 0 atom stereocenters. The van der Waals surface area contributed by atoms with E-state index in [0.29, 0.717) is 16.3 Å². The Morgan fingerprint density at radius 2 is 1.38 bits per heavy atom. The monoisotopic (exact) mass is 358 g/mol. The number of fused-ring (bicyclic) bond motifs is 1. The first-order chi connectivity index (χ1) is 12.4. The number of carbonyl (C=O) groups is 3. The van der Waals surface area contributed by atoms with Gasteiger partial charge in [0.15, 0.2) is 0 Å². The second-order valence-electron chi connectivity index (χ2n) is 5.94. The Morgan fingerprint density at radius 1 is 0.846 bits per heavy atom. The van der Waals surface area contributed by atoms with Crippen LogP contribution in [-0.4, -0.2) is 38.7 Å². The van der Waals surface area contributed by atoms with Crippen LogP contribution in [0.25, 0.3) is 10.8 Å². The molecule has 26 heavy (non-hydrogen) atoms.